The molecule has 0 heteroatoms. The number of fused-ring (bicyclic) bond motifs is 2. The first-order chi connectivity index (χ1) is 4.40. The number of rotatable bonds is 0. The monoisotopic (exact) mass is 118 g/mol. The topological polar surface area (TPSA) is 0 Å². The van der Waals surface area contributed by atoms with Crippen LogP contribution in [0, 0.1) is 5.92 Å². The summed E-state index contributed by atoms with van der Waals surface area (Å²) >= 11 is 0. The van der Waals surface area contributed by atoms with Gasteiger partial charge in [-0.15, -0.1) is 5.73 Å². The van der Waals surface area contributed by atoms with E-state index in [1.54, 1.807) is 0 Å². The van der Waals surface area contributed by atoms with Crippen molar-refractivity contribution in [1.29, 1.82) is 0 Å². The van der Waals surface area contributed by atoms with Crippen LogP contribution in [0.4, 0.5) is 0 Å². The highest BCUT2D eigenvalue weighted by Crippen LogP contribution is 2.42. The Bertz CT molecular complexity index is 214. The van der Waals surface area contributed by atoms with Crippen LogP contribution in [0.3, 0.4) is 0 Å². The molecule has 0 aromatic carbocycles. The van der Waals surface area contributed by atoms with Crippen LogP contribution < -0.4 is 0 Å². The minimum Gasteiger partial charge on any atom is -0.125 e. The number of hydrogen-bond acceptors (Lipinski definition) is 0. The third kappa shape index (κ3) is 0.602. The van der Waals surface area contributed by atoms with Gasteiger partial charge in [-0.2, -0.15) is 0 Å². The molecule has 0 aromatic rings. The SMILES string of the molecule is C=C=C1CC2CC=C1C2. The molecular weight excluding hydrogens is 108 g/mol. The summed E-state index contributed by atoms with van der Waals surface area (Å²) in [4.78, 5) is 0. The first kappa shape index (κ1) is 5.08. The molecule has 9 heavy (non-hydrogen) atoms. The summed E-state index contributed by atoms with van der Waals surface area (Å²) in [5.74, 6) is 0.921. The molecule has 0 N–H and O–H groups in total. The summed E-state index contributed by atoms with van der Waals surface area (Å²) in [6, 6.07) is 0. The lowest BCUT2D eigenvalue weighted by Crippen LogP contribution is -1.88. The molecule has 2 aliphatic rings. The van der Waals surface area contributed by atoms with E-state index in [0.717, 1.165) is 5.92 Å². The van der Waals surface area contributed by atoms with Crippen LogP contribution in [0.1, 0.15) is 19.3 Å². The van der Waals surface area contributed by atoms with Crippen LogP contribution in [0.5, 0.6) is 0 Å². The van der Waals surface area contributed by atoms with Crippen molar-refractivity contribution in [3.63, 3.8) is 0 Å². The van der Waals surface area contributed by atoms with E-state index in [1.165, 1.54) is 30.4 Å². The molecule has 1 unspecified atom stereocenters. The fraction of sp³-hybridized carbons (Fsp3) is 0.444. The summed E-state index contributed by atoms with van der Waals surface area (Å²) in [6.45, 7) is 3.66. The third-order valence-corrected chi connectivity index (χ3v) is 2.30. The summed E-state index contributed by atoms with van der Waals surface area (Å²) in [5.41, 5.74) is 5.90. The normalized spacial score (nSPS) is 30.4. The quantitative estimate of drug-likeness (QED) is 0.428. The molecule has 46 valence electrons. The Morgan fingerprint density at radius 1 is 1.56 bits per heavy atom. The zero-order valence-electron chi connectivity index (χ0n) is 5.48. The summed E-state index contributed by atoms with van der Waals surface area (Å²) in [7, 11) is 0. The number of allylic oxidation sites excluding steroid dienone is 3. The van der Waals surface area contributed by atoms with Gasteiger partial charge in [0.25, 0.3) is 0 Å². The lowest BCUT2D eigenvalue weighted by Gasteiger charge is -2.01. The highest BCUT2D eigenvalue weighted by atomic mass is 14.3. The van der Waals surface area contributed by atoms with Gasteiger partial charge in [-0.1, -0.05) is 12.7 Å². The van der Waals surface area contributed by atoms with Gasteiger partial charge in [-0.3, -0.25) is 0 Å². The van der Waals surface area contributed by atoms with E-state index < -0.39 is 0 Å². The second-order valence-electron chi connectivity index (χ2n) is 2.89. The molecule has 0 aromatic heterocycles. The first-order valence-electron chi connectivity index (χ1n) is 3.48. The maximum atomic E-state index is 3.66. The third-order valence-electron chi connectivity index (χ3n) is 2.30. The van der Waals surface area contributed by atoms with Crippen molar-refractivity contribution < 1.29 is 0 Å². The Kier molecular flexibility index (Phi) is 0.913. The van der Waals surface area contributed by atoms with Gasteiger partial charge in [-0.05, 0) is 36.3 Å². The molecule has 2 bridgehead atoms. The van der Waals surface area contributed by atoms with E-state index in [4.69, 9.17) is 0 Å². The fourth-order valence-corrected chi connectivity index (χ4v) is 1.79. The van der Waals surface area contributed by atoms with Crippen molar-refractivity contribution >= 4 is 0 Å². The van der Waals surface area contributed by atoms with Gasteiger partial charge in [0.05, 0.1) is 0 Å². The highest BCUT2D eigenvalue weighted by Gasteiger charge is 2.27. The van der Waals surface area contributed by atoms with Gasteiger partial charge in [0.2, 0.25) is 0 Å². The number of hydrogen-bond donors (Lipinski definition) is 0. The van der Waals surface area contributed by atoms with Crippen LogP contribution in [0.2, 0.25) is 0 Å². The largest absolute Gasteiger partial charge is 0.125 e. The van der Waals surface area contributed by atoms with Gasteiger partial charge >= 0.3 is 0 Å². The average molecular weight is 118 g/mol. The van der Waals surface area contributed by atoms with Crippen LogP contribution in [-0.2, 0) is 0 Å². The van der Waals surface area contributed by atoms with E-state index in [-0.39, 0.29) is 0 Å². The smallest absolute Gasteiger partial charge is 0.00346 e. The predicted molar refractivity (Wildman–Crippen MR) is 38.1 cm³/mol. The van der Waals surface area contributed by atoms with Crippen LogP contribution >= 0.6 is 0 Å². The lowest BCUT2D eigenvalue weighted by molar-refractivity contribution is 0.604. The van der Waals surface area contributed by atoms with Crippen molar-refractivity contribution in [2.45, 2.75) is 19.3 Å². The van der Waals surface area contributed by atoms with Crippen molar-refractivity contribution in [2.24, 2.45) is 5.92 Å². The summed E-state index contributed by atoms with van der Waals surface area (Å²) in [6.07, 6.45) is 6.19. The van der Waals surface area contributed by atoms with E-state index in [1.807, 2.05) is 0 Å². The molecule has 1 fully saturated rings. The molecule has 2 rings (SSSR count). The summed E-state index contributed by atoms with van der Waals surface area (Å²) in [5, 5.41) is 0. The van der Waals surface area contributed by atoms with E-state index in [2.05, 4.69) is 18.4 Å². The minimum atomic E-state index is 0.921. The van der Waals surface area contributed by atoms with Gasteiger partial charge in [0.15, 0.2) is 0 Å². The van der Waals surface area contributed by atoms with Crippen LogP contribution in [-0.4, -0.2) is 0 Å². The van der Waals surface area contributed by atoms with Crippen molar-refractivity contribution in [3.05, 3.63) is 29.5 Å². The summed E-state index contributed by atoms with van der Waals surface area (Å²) < 4.78 is 0. The van der Waals surface area contributed by atoms with Crippen LogP contribution in [0.15, 0.2) is 29.5 Å². The Balaban J connectivity index is 2.45. The molecule has 1 atom stereocenters. The minimum absolute atomic E-state index is 0.921. The van der Waals surface area contributed by atoms with E-state index in [9.17, 15) is 0 Å². The second kappa shape index (κ2) is 1.62. The Morgan fingerprint density at radius 2 is 2.44 bits per heavy atom. The Hall–Kier alpha value is -0.740. The molecule has 2 aliphatic carbocycles. The van der Waals surface area contributed by atoms with Gasteiger partial charge in [0, 0.05) is 0 Å². The molecule has 0 heterocycles. The van der Waals surface area contributed by atoms with E-state index >= 15 is 0 Å². The van der Waals surface area contributed by atoms with Crippen LogP contribution in [0.25, 0.3) is 0 Å². The molecule has 0 radical (unpaired) electrons. The predicted octanol–water partition coefficient (Wildman–Crippen LogP) is 2.44. The van der Waals surface area contributed by atoms with Crippen molar-refractivity contribution in [3.8, 4) is 0 Å². The lowest BCUT2D eigenvalue weighted by atomic mass is 10.0. The molecule has 0 spiro atoms. The van der Waals surface area contributed by atoms with Gasteiger partial charge in [0.1, 0.15) is 0 Å². The highest BCUT2D eigenvalue weighted by molar-refractivity contribution is 5.39. The molecule has 0 nitrogen and oxygen atoms in total. The Morgan fingerprint density at radius 3 is 2.78 bits per heavy atom. The van der Waals surface area contributed by atoms with Crippen molar-refractivity contribution in [2.75, 3.05) is 0 Å². The second-order valence-corrected chi connectivity index (χ2v) is 2.89. The Labute approximate surface area is 55.6 Å². The van der Waals surface area contributed by atoms with Gasteiger partial charge < -0.3 is 0 Å². The molecule has 1 saturated carbocycles. The van der Waals surface area contributed by atoms with Gasteiger partial charge in [-0.25, -0.2) is 0 Å². The molecule has 0 amide bonds. The molecule has 0 saturated heterocycles. The van der Waals surface area contributed by atoms with E-state index in [0.29, 0.717) is 0 Å². The first-order valence-corrected chi connectivity index (χ1v) is 3.48. The molecule has 0 aliphatic heterocycles. The fourth-order valence-electron chi connectivity index (χ4n) is 1.79. The van der Waals surface area contributed by atoms with Crippen molar-refractivity contribution in [1.82, 2.24) is 0 Å². The standard InChI is InChI=1S/C9H10/c1-2-8-5-7-3-4-9(8)6-7/h4,7H,1,3,5-6H2. The maximum Gasteiger partial charge on any atom is -0.00346 e. The zero-order valence-corrected chi connectivity index (χ0v) is 5.48. The zero-order chi connectivity index (χ0) is 6.27. The maximum absolute atomic E-state index is 3.66. The average Bonchev–Trinajstić information content (AvgIpc) is 2.45. The molecular formula is C9H10.